The van der Waals surface area contributed by atoms with E-state index in [9.17, 15) is 13.2 Å². The molecule has 0 saturated heterocycles. The number of hydrogen-bond acceptors (Lipinski definition) is 1. The van der Waals surface area contributed by atoms with E-state index >= 15 is 0 Å². The van der Waals surface area contributed by atoms with Gasteiger partial charge in [-0.05, 0) is 5.92 Å². The van der Waals surface area contributed by atoms with Crippen LogP contribution in [0.3, 0.4) is 0 Å². The smallest absolute Gasteiger partial charge is 0.317 e. The zero-order chi connectivity index (χ0) is 9.07. The van der Waals surface area contributed by atoms with Gasteiger partial charge in [-0.3, -0.25) is 0 Å². The minimum atomic E-state index is -4.42. The Morgan fingerprint density at radius 2 is 1.67 bits per heavy atom. The predicted octanol–water partition coefficient (Wildman–Crippen LogP) is 1.96. The Bertz CT molecular complexity index is 177. The van der Waals surface area contributed by atoms with Gasteiger partial charge in [-0.15, -0.1) is 12.4 Å². The van der Waals surface area contributed by atoms with Crippen molar-refractivity contribution in [2.24, 2.45) is 11.7 Å². The van der Waals surface area contributed by atoms with Gasteiger partial charge in [0.2, 0.25) is 0 Å². The van der Waals surface area contributed by atoms with E-state index in [2.05, 4.69) is 0 Å². The van der Waals surface area contributed by atoms with Crippen molar-refractivity contribution in [3.63, 3.8) is 0 Å². The summed E-state index contributed by atoms with van der Waals surface area (Å²) >= 11 is 0. The average Bonchev–Trinajstić information content (AvgIpc) is 1.80. The molecule has 0 spiro atoms. The van der Waals surface area contributed by atoms with Crippen molar-refractivity contribution >= 4 is 12.4 Å². The van der Waals surface area contributed by atoms with Crippen LogP contribution >= 0.6 is 12.4 Å². The first kappa shape index (κ1) is 14.1. The summed E-state index contributed by atoms with van der Waals surface area (Å²) in [5, 5.41) is 0. The second-order valence-corrected chi connectivity index (χ2v) is 2.54. The predicted molar refractivity (Wildman–Crippen MR) is 43.9 cm³/mol. The topological polar surface area (TPSA) is 26.0 Å². The minimum absolute atomic E-state index is 0. The zero-order valence-corrected chi connectivity index (χ0v) is 7.59. The molecule has 0 aliphatic carbocycles. The van der Waals surface area contributed by atoms with Crippen LogP contribution in [0.2, 0.25) is 0 Å². The molecule has 0 bridgehead atoms. The molecule has 0 aromatic heterocycles. The zero-order valence-electron chi connectivity index (χ0n) is 6.77. The summed E-state index contributed by atoms with van der Waals surface area (Å²) in [6.45, 7) is 3.44. The van der Waals surface area contributed by atoms with Gasteiger partial charge in [0.15, 0.2) is 0 Å². The Morgan fingerprint density at radius 1 is 1.25 bits per heavy atom. The fourth-order valence-corrected chi connectivity index (χ4v) is 0.332. The molecule has 0 fully saturated rings. The number of rotatable bonds is 1. The third-order valence-electron chi connectivity index (χ3n) is 1.10. The van der Waals surface area contributed by atoms with Gasteiger partial charge in [0.05, 0.1) is 6.04 Å². The lowest BCUT2D eigenvalue weighted by molar-refractivity contribution is -0.0698. The van der Waals surface area contributed by atoms with E-state index in [-0.39, 0.29) is 18.3 Å². The lowest BCUT2D eigenvalue weighted by Gasteiger charge is -2.06. The summed E-state index contributed by atoms with van der Waals surface area (Å²) in [6.07, 6.45) is -4.42. The van der Waals surface area contributed by atoms with Crippen molar-refractivity contribution in [3.8, 4) is 11.8 Å². The summed E-state index contributed by atoms with van der Waals surface area (Å²) in [6, 6.07) is -0.698. The van der Waals surface area contributed by atoms with Gasteiger partial charge in [0.1, 0.15) is 0 Å². The molecule has 1 nitrogen and oxygen atoms in total. The molecule has 0 amide bonds. The molecule has 0 unspecified atom stereocenters. The first-order valence-electron chi connectivity index (χ1n) is 3.18. The maximum absolute atomic E-state index is 11.5. The van der Waals surface area contributed by atoms with E-state index < -0.39 is 12.2 Å². The van der Waals surface area contributed by atoms with E-state index in [4.69, 9.17) is 5.73 Å². The van der Waals surface area contributed by atoms with E-state index in [0.717, 1.165) is 5.92 Å². The average molecular weight is 202 g/mol. The van der Waals surface area contributed by atoms with Crippen LogP contribution in [0.25, 0.3) is 0 Å². The fourth-order valence-electron chi connectivity index (χ4n) is 0.332. The Labute approximate surface area is 75.9 Å². The van der Waals surface area contributed by atoms with Crippen LogP contribution in [-0.2, 0) is 0 Å². The maximum atomic E-state index is 11.5. The molecule has 12 heavy (non-hydrogen) atoms. The van der Waals surface area contributed by atoms with E-state index in [1.54, 1.807) is 13.8 Å². The molecular weight excluding hydrogens is 191 g/mol. The van der Waals surface area contributed by atoms with Crippen LogP contribution < -0.4 is 5.73 Å². The third-order valence-corrected chi connectivity index (χ3v) is 1.10. The standard InChI is InChI=1S/C7H10F3N.ClH/c1-5(2)6(11)3-4-7(8,9)10;/h5-6H,11H2,1-2H3;1H/t6-;/m0./s1. The van der Waals surface area contributed by atoms with Gasteiger partial charge in [-0.2, -0.15) is 13.2 Å². The van der Waals surface area contributed by atoms with Crippen molar-refractivity contribution in [1.29, 1.82) is 0 Å². The van der Waals surface area contributed by atoms with Crippen molar-refractivity contribution < 1.29 is 13.2 Å². The van der Waals surface area contributed by atoms with Gasteiger partial charge in [0, 0.05) is 5.92 Å². The van der Waals surface area contributed by atoms with Crippen molar-refractivity contribution in [2.75, 3.05) is 0 Å². The lowest BCUT2D eigenvalue weighted by Crippen LogP contribution is -2.24. The molecular formula is C7H11ClF3N. The Balaban J connectivity index is 0. The van der Waals surface area contributed by atoms with Crippen LogP contribution in [-0.4, -0.2) is 12.2 Å². The second kappa shape index (κ2) is 5.28. The van der Waals surface area contributed by atoms with Crippen LogP contribution in [0.1, 0.15) is 13.8 Å². The summed E-state index contributed by atoms with van der Waals surface area (Å²) in [5.41, 5.74) is 5.25. The highest BCUT2D eigenvalue weighted by Gasteiger charge is 2.23. The first-order chi connectivity index (χ1) is 4.83. The molecule has 72 valence electrons. The maximum Gasteiger partial charge on any atom is 0.457 e. The van der Waals surface area contributed by atoms with Crippen molar-refractivity contribution in [2.45, 2.75) is 26.1 Å². The Morgan fingerprint density at radius 3 is 1.92 bits per heavy atom. The van der Waals surface area contributed by atoms with E-state index in [1.165, 1.54) is 0 Å². The number of alkyl halides is 3. The summed E-state index contributed by atoms with van der Waals surface area (Å²) < 4.78 is 34.4. The first-order valence-corrected chi connectivity index (χ1v) is 3.18. The minimum Gasteiger partial charge on any atom is -0.317 e. The molecule has 5 heteroatoms. The SMILES string of the molecule is CC(C)[C@@H](N)C#CC(F)(F)F.Cl. The van der Waals surface area contributed by atoms with E-state index in [1.807, 2.05) is 5.92 Å². The summed E-state index contributed by atoms with van der Waals surface area (Å²) in [5.74, 6) is 3.00. The molecule has 1 atom stereocenters. The molecule has 0 radical (unpaired) electrons. The largest absolute Gasteiger partial charge is 0.457 e. The highest BCUT2D eigenvalue weighted by molar-refractivity contribution is 5.85. The molecule has 0 heterocycles. The number of hydrogen-bond donors (Lipinski definition) is 1. The molecule has 0 rings (SSSR count). The number of halogens is 4. The van der Waals surface area contributed by atoms with Gasteiger partial charge < -0.3 is 5.73 Å². The van der Waals surface area contributed by atoms with Gasteiger partial charge in [-0.25, -0.2) is 0 Å². The molecule has 0 aromatic carbocycles. The van der Waals surface area contributed by atoms with E-state index in [0.29, 0.717) is 0 Å². The lowest BCUT2D eigenvalue weighted by atomic mass is 10.1. The number of nitrogens with two attached hydrogens (primary N) is 1. The summed E-state index contributed by atoms with van der Waals surface area (Å²) in [7, 11) is 0. The third kappa shape index (κ3) is 7.70. The fraction of sp³-hybridized carbons (Fsp3) is 0.714. The van der Waals surface area contributed by atoms with Gasteiger partial charge in [-0.1, -0.05) is 19.8 Å². The van der Waals surface area contributed by atoms with Crippen molar-refractivity contribution in [1.82, 2.24) is 0 Å². The van der Waals surface area contributed by atoms with Crippen LogP contribution in [0.4, 0.5) is 13.2 Å². The van der Waals surface area contributed by atoms with Gasteiger partial charge in [0.25, 0.3) is 0 Å². The van der Waals surface area contributed by atoms with Crippen LogP contribution in [0.15, 0.2) is 0 Å². The Hall–Kier alpha value is -0.400. The van der Waals surface area contributed by atoms with Crippen molar-refractivity contribution in [3.05, 3.63) is 0 Å². The Kier molecular flexibility index (Phi) is 6.22. The molecule has 0 aliphatic rings. The molecule has 0 aromatic rings. The summed E-state index contributed by atoms with van der Waals surface area (Å²) in [4.78, 5) is 0. The van der Waals surface area contributed by atoms with Crippen LogP contribution in [0, 0.1) is 17.8 Å². The normalized spacial score (nSPS) is 12.9. The monoisotopic (exact) mass is 201 g/mol. The van der Waals surface area contributed by atoms with Crippen LogP contribution in [0.5, 0.6) is 0 Å². The highest BCUT2D eigenvalue weighted by Crippen LogP contribution is 2.12. The highest BCUT2D eigenvalue weighted by atomic mass is 35.5. The quantitative estimate of drug-likeness (QED) is 0.645. The molecule has 0 aliphatic heterocycles. The second-order valence-electron chi connectivity index (χ2n) is 2.54. The molecule has 2 N–H and O–H groups in total. The molecule has 0 saturated carbocycles. The van der Waals surface area contributed by atoms with Gasteiger partial charge >= 0.3 is 6.18 Å².